The zero-order valence-electron chi connectivity index (χ0n) is 10.2. The molecule has 0 aliphatic rings. The lowest BCUT2D eigenvalue weighted by Gasteiger charge is -2.16. The lowest BCUT2D eigenvalue weighted by atomic mass is 10.3. The van der Waals surface area contributed by atoms with Crippen LogP contribution in [0.1, 0.15) is 0 Å². The van der Waals surface area contributed by atoms with E-state index in [1.165, 1.54) is 0 Å². The van der Waals surface area contributed by atoms with Crippen molar-refractivity contribution in [3.63, 3.8) is 0 Å². The molecule has 0 aromatic rings. The highest BCUT2D eigenvalue weighted by atomic mass is 32.1. The summed E-state index contributed by atoms with van der Waals surface area (Å²) in [5, 5.41) is 8.21. The Morgan fingerprint density at radius 2 is 1.78 bits per heavy atom. The van der Waals surface area contributed by atoms with Crippen LogP contribution in [0.2, 0.25) is 0 Å². The standard InChI is InChI=1S/C10H21N4O2S2/c1-2-12-10(16)8(6-18)13-3-4-14-9(15)7(11)5-17/h7-8,13,17-18H,1-6,11H2,(H,12,16)(H,14,15)/t7-,8-/m1/s1. The average Bonchev–Trinajstić information content (AvgIpc) is 2.37. The van der Waals surface area contributed by atoms with Crippen LogP contribution >= 0.6 is 25.3 Å². The second-order valence-electron chi connectivity index (χ2n) is 3.56. The largest absolute Gasteiger partial charge is 0.355 e. The number of carbonyl (C=O) groups excluding carboxylic acids is 2. The maximum absolute atomic E-state index is 11.5. The van der Waals surface area contributed by atoms with Gasteiger partial charge in [-0.25, -0.2) is 0 Å². The molecule has 0 saturated heterocycles. The third kappa shape index (κ3) is 7.10. The van der Waals surface area contributed by atoms with E-state index < -0.39 is 12.1 Å². The molecule has 0 aliphatic heterocycles. The normalized spacial score (nSPS) is 13.8. The molecule has 18 heavy (non-hydrogen) atoms. The van der Waals surface area contributed by atoms with Gasteiger partial charge in [-0.3, -0.25) is 9.59 Å². The molecule has 0 unspecified atom stereocenters. The smallest absolute Gasteiger partial charge is 0.237 e. The molecule has 0 spiro atoms. The van der Waals surface area contributed by atoms with Crippen LogP contribution in [0.25, 0.3) is 0 Å². The fraction of sp³-hybridized carbons (Fsp3) is 0.700. The minimum atomic E-state index is -0.608. The minimum absolute atomic E-state index is 0.154. The maximum atomic E-state index is 11.5. The van der Waals surface area contributed by atoms with E-state index in [2.05, 4.69) is 48.1 Å². The van der Waals surface area contributed by atoms with E-state index in [9.17, 15) is 9.59 Å². The highest BCUT2D eigenvalue weighted by molar-refractivity contribution is 7.80. The van der Waals surface area contributed by atoms with Crippen LogP contribution in [-0.2, 0) is 9.59 Å². The molecule has 1 radical (unpaired) electrons. The molecule has 0 aromatic heterocycles. The number of nitrogens with one attached hydrogen (secondary N) is 3. The van der Waals surface area contributed by atoms with E-state index in [1.54, 1.807) is 0 Å². The van der Waals surface area contributed by atoms with E-state index in [0.29, 0.717) is 31.1 Å². The van der Waals surface area contributed by atoms with Crippen molar-refractivity contribution in [2.45, 2.75) is 12.1 Å². The van der Waals surface area contributed by atoms with Gasteiger partial charge >= 0.3 is 0 Å². The molecule has 0 heterocycles. The Hall–Kier alpha value is -0.440. The zero-order chi connectivity index (χ0) is 14.0. The summed E-state index contributed by atoms with van der Waals surface area (Å²) in [4.78, 5) is 22.8. The van der Waals surface area contributed by atoms with Gasteiger partial charge in [-0.1, -0.05) is 0 Å². The molecule has 0 aliphatic carbocycles. The Kier molecular flexibility index (Phi) is 10.2. The summed E-state index contributed by atoms with van der Waals surface area (Å²) in [6.07, 6.45) is 0. The molecule has 0 rings (SSSR count). The van der Waals surface area contributed by atoms with E-state index in [4.69, 9.17) is 5.73 Å². The SMILES string of the molecule is [CH2]CNC(=O)[C@@H](CS)NCCNC(=O)[C@H](N)CS. The van der Waals surface area contributed by atoms with Gasteiger partial charge in [0, 0.05) is 31.1 Å². The summed E-state index contributed by atoms with van der Waals surface area (Å²) < 4.78 is 0. The molecule has 105 valence electrons. The number of rotatable bonds is 9. The van der Waals surface area contributed by atoms with Crippen LogP contribution in [0.4, 0.5) is 0 Å². The molecular weight excluding hydrogens is 272 g/mol. The molecule has 6 nitrogen and oxygen atoms in total. The van der Waals surface area contributed by atoms with Crippen molar-refractivity contribution in [1.29, 1.82) is 0 Å². The zero-order valence-corrected chi connectivity index (χ0v) is 12.0. The summed E-state index contributed by atoms with van der Waals surface area (Å²) >= 11 is 8.00. The van der Waals surface area contributed by atoms with Crippen molar-refractivity contribution in [2.75, 3.05) is 31.1 Å². The monoisotopic (exact) mass is 293 g/mol. The Labute approximate surface area is 119 Å². The fourth-order valence-electron chi connectivity index (χ4n) is 1.13. The molecule has 0 bridgehead atoms. The van der Waals surface area contributed by atoms with Crippen LogP contribution in [0.3, 0.4) is 0 Å². The van der Waals surface area contributed by atoms with Crippen LogP contribution in [0.15, 0.2) is 0 Å². The van der Waals surface area contributed by atoms with Crippen LogP contribution < -0.4 is 21.7 Å². The summed E-state index contributed by atoms with van der Waals surface area (Å²) in [6, 6.07) is -1.01. The van der Waals surface area contributed by atoms with Gasteiger partial charge in [0.25, 0.3) is 0 Å². The van der Waals surface area contributed by atoms with Gasteiger partial charge in [-0.05, 0) is 6.92 Å². The number of amides is 2. The van der Waals surface area contributed by atoms with Gasteiger partial charge in [-0.2, -0.15) is 25.3 Å². The summed E-state index contributed by atoms with van der Waals surface area (Å²) in [7, 11) is 0. The van der Waals surface area contributed by atoms with Crippen LogP contribution in [-0.4, -0.2) is 55.0 Å². The van der Waals surface area contributed by atoms with Crippen LogP contribution in [0, 0.1) is 6.92 Å². The van der Waals surface area contributed by atoms with Gasteiger partial charge in [0.1, 0.15) is 0 Å². The van der Waals surface area contributed by atoms with E-state index in [1.807, 2.05) is 0 Å². The van der Waals surface area contributed by atoms with Crippen molar-refractivity contribution in [3.05, 3.63) is 6.92 Å². The first kappa shape index (κ1) is 17.6. The first-order valence-corrected chi connectivity index (χ1v) is 6.88. The third-order valence-electron chi connectivity index (χ3n) is 2.15. The second-order valence-corrected chi connectivity index (χ2v) is 4.29. The van der Waals surface area contributed by atoms with Crippen molar-refractivity contribution >= 4 is 37.1 Å². The van der Waals surface area contributed by atoms with Crippen molar-refractivity contribution in [1.82, 2.24) is 16.0 Å². The lowest BCUT2D eigenvalue weighted by Crippen LogP contribution is -2.49. The van der Waals surface area contributed by atoms with Crippen molar-refractivity contribution in [3.8, 4) is 0 Å². The number of carbonyl (C=O) groups is 2. The summed E-state index contributed by atoms with van der Waals surface area (Å²) in [5.74, 6) is 0.259. The Morgan fingerprint density at radius 1 is 1.11 bits per heavy atom. The molecule has 0 aromatic carbocycles. The summed E-state index contributed by atoms with van der Waals surface area (Å²) in [5.41, 5.74) is 5.48. The van der Waals surface area contributed by atoms with Crippen molar-refractivity contribution in [2.24, 2.45) is 5.73 Å². The molecule has 2 amide bonds. The molecular formula is C10H21N4O2S2. The highest BCUT2D eigenvalue weighted by Crippen LogP contribution is 1.88. The van der Waals surface area contributed by atoms with Gasteiger partial charge in [-0.15, -0.1) is 0 Å². The fourth-order valence-corrected chi connectivity index (χ4v) is 1.59. The lowest BCUT2D eigenvalue weighted by molar-refractivity contribution is -0.122. The minimum Gasteiger partial charge on any atom is -0.355 e. The highest BCUT2D eigenvalue weighted by Gasteiger charge is 2.15. The molecule has 8 heteroatoms. The Balaban J connectivity index is 3.81. The summed E-state index contributed by atoms with van der Waals surface area (Å²) in [6.45, 7) is 4.71. The van der Waals surface area contributed by atoms with Gasteiger partial charge in [0.2, 0.25) is 11.8 Å². The topological polar surface area (TPSA) is 96.2 Å². The average molecular weight is 293 g/mol. The first-order valence-electron chi connectivity index (χ1n) is 5.62. The molecule has 5 N–H and O–H groups in total. The predicted octanol–water partition coefficient (Wildman–Crippen LogP) is -1.80. The van der Waals surface area contributed by atoms with E-state index >= 15 is 0 Å². The predicted molar refractivity (Wildman–Crippen MR) is 78.8 cm³/mol. The number of hydrogen-bond donors (Lipinski definition) is 6. The first-order chi connectivity index (χ1) is 8.56. The number of nitrogens with two attached hydrogens (primary N) is 1. The van der Waals surface area contributed by atoms with E-state index in [-0.39, 0.29) is 11.8 Å². The molecule has 0 fully saturated rings. The Morgan fingerprint density at radius 3 is 2.28 bits per heavy atom. The number of thiol groups is 2. The van der Waals surface area contributed by atoms with Crippen molar-refractivity contribution < 1.29 is 9.59 Å². The van der Waals surface area contributed by atoms with Gasteiger partial charge in [0.15, 0.2) is 0 Å². The van der Waals surface area contributed by atoms with E-state index in [0.717, 1.165) is 0 Å². The molecule has 2 atom stereocenters. The quantitative estimate of drug-likeness (QED) is 0.223. The molecule has 0 saturated carbocycles. The van der Waals surface area contributed by atoms with Gasteiger partial charge < -0.3 is 21.7 Å². The third-order valence-corrected chi connectivity index (χ3v) is 2.91. The maximum Gasteiger partial charge on any atom is 0.237 e. The second kappa shape index (κ2) is 10.5. The van der Waals surface area contributed by atoms with Crippen LogP contribution in [0.5, 0.6) is 0 Å². The number of hydrogen-bond acceptors (Lipinski definition) is 6. The Bertz CT molecular complexity index is 266. The van der Waals surface area contributed by atoms with Gasteiger partial charge in [0.05, 0.1) is 12.1 Å².